The average molecular weight is 342 g/mol. The number of fused-ring (bicyclic) bond motifs is 1. The van der Waals surface area contributed by atoms with Gasteiger partial charge in [-0.25, -0.2) is 0 Å². The fourth-order valence-electron chi connectivity index (χ4n) is 2.67. The standard InChI is InChI=1S/C18H22N4OS/c1-11(2)10-22-18-14(12(3)21-22)9-16(24-18)17(23)20-13(4)15-7-5-6-8-19-15/h5-9,11,13H,10H2,1-4H3,(H,20,23)/t13-/m1/s1. The molecule has 3 aromatic heterocycles. The molecule has 1 N–H and O–H groups in total. The van der Waals surface area contributed by atoms with Crippen LogP contribution >= 0.6 is 11.3 Å². The lowest BCUT2D eigenvalue weighted by molar-refractivity contribution is 0.0943. The highest BCUT2D eigenvalue weighted by Gasteiger charge is 2.18. The van der Waals surface area contributed by atoms with E-state index in [-0.39, 0.29) is 11.9 Å². The number of thiophene rings is 1. The lowest BCUT2D eigenvalue weighted by atomic mass is 10.2. The van der Waals surface area contributed by atoms with Crippen molar-refractivity contribution < 1.29 is 4.79 Å². The number of pyridine rings is 1. The molecule has 6 heteroatoms. The Hall–Kier alpha value is -2.21. The zero-order chi connectivity index (χ0) is 17.3. The van der Waals surface area contributed by atoms with Crippen molar-refractivity contribution in [2.75, 3.05) is 0 Å². The van der Waals surface area contributed by atoms with Crippen molar-refractivity contribution in [3.63, 3.8) is 0 Å². The molecule has 1 atom stereocenters. The van der Waals surface area contributed by atoms with Crippen LogP contribution in [0.1, 0.15) is 47.9 Å². The Labute approximate surface area is 145 Å². The molecule has 0 aliphatic carbocycles. The van der Waals surface area contributed by atoms with Gasteiger partial charge in [-0.3, -0.25) is 14.5 Å². The number of amides is 1. The second-order valence-corrected chi connectivity index (χ2v) is 7.47. The summed E-state index contributed by atoms with van der Waals surface area (Å²) in [5, 5.41) is 8.67. The quantitative estimate of drug-likeness (QED) is 0.764. The van der Waals surface area contributed by atoms with E-state index in [0.717, 1.165) is 28.1 Å². The first kappa shape index (κ1) is 16.6. The summed E-state index contributed by atoms with van der Waals surface area (Å²) in [6.45, 7) is 9.12. The van der Waals surface area contributed by atoms with E-state index < -0.39 is 0 Å². The third-order valence-electron chi connectivity index (χ3n) is 3.85. The summed E-state index contributed by atoms with van der Waals surface area (Å²) in [6, 6.07) is 7.53. The van der Waals surface area contributed by atoms with Crippen molar-refractivity contribution in [1.29, 1.82) is 0 Å². The number of hydrogen-bond donors (Lipinski definition) is 1. The lowest BCUT2D eigenvalue weighted by Crippen LogP contribution is -2.26. The van der Waals surface area contributed by atoms with Crippen molar-refractivity contribution in [3.8, 4) is 0 Å². The third-order valence-corrected chi connectivity index (χ3v) is 5.00. The number of aromatic nitrogens is 3. The minimum absolute atomic E-state index is 0.0650. The van der Waals surface area contributed by atoms with Gasteiger partial charge in [-0.15, -0.1) is 11.3 Å². The summed E-state index contributed by atoms with van der Waals surface area (Å²) in [4.78, 5) is 18.7. The monoisotopic (exact) mass is 342 g/mol. The molecular formula is C18H22N4OS. The molecule has 5 nitrogen and oxygen atoms in total. The first-order valence-electron chi connectivity index (χ1n) is 8.14. The van der Waals surface area contributed by atoms with Gasteiger partial charge in [-0.1, -0.05) is 19.9 Å². The van der Waals surface area contributed by atoms with E-state index in [2.05, 4.69) is 29.2 Å². The van der Waals surface area contributed by atoms with Gasteiger partial charge in [0.25, 0.3) is 5.91 Å². The maximum absolute atomic E-state index is 12.6. The predicted molar refractivity (Wildman–Crippen MR) is 97.3 cm³/mol. The Bertz CT molecular complexity index is 851. The Morgan fingerprint density at radius 2 is 2.12 bits per heavy atom. The van der Waals surface area contributed by atoms with Gasteiger partial charge in [0, 0.05) is 18.1 Å². The van der Waals surface area contributed by atoms with E-state index in [0.29, 0.717) is 10.8 Å². The molecule has 0 aliphatic rings. The zero-order valence-corrected chi connectivity index (χ0v) is 15.2. The second-order valence-electron chi connectivity index (χ2n) is 6.44. The van der Waals surface area contributed by atoms with Crippen LogP contribution in [0.5, 0.6) is 0 Å². The van der Waals surface area contributed by atoms with Crippen LogP contribution in [-0.2, 0) is 6.54 Å². The molecule has 0 fully saturated rings. The topological polar surface area (TPSA) is 59.8 Å². The van der Waals surface area contributed by atoms with Gasteiger partial charge in [0.2, 0.25) is 0 Å². The Balaban J connectivity index is 1.83. The number of carbonyl (C=O) groups is 1. The highest BCUT2D eigenvalue weighted by molar-refractivity contribution is 7.20. The Morgan fingerprint density at radius 3 is 2.79 bits per heavy atom. The van der Waals surface area contributed by atoms with Crippen LogP contribution < -0.4 is 5.32 Å². The van der Waals surface area contributed by atoms with Crippen molar-refractivity contribution in [3.05, 3.63) is 46.7 Å². The van der Waals surface area contributed by atoms with E-state index in [1.165, 1.54) is 11.3 Å². The van der Waals surface area contributed by atoms with E-state index in [4.69, 9.17) is 0 Å². The second kappa shape index (κ2) is 6.73. The molecule has 126 valence electrons. The smallest absolute Gasteiger partial charge is 0.261 e. The number of rotatable bonds is 5. The molecule has 0 aromatic carbocycles. The van der Waals surface area contributed by atoms with Crippen molar-refractivity contribution >= 4 is 27.5 Å². The van der Waals surface area contributed by atoms with Gasteiger partial charge in [0.15, 0.2) is 0 Å². The number of nitrogens with zero attached hydrogens (tertiary/aromatic N) is 3. The molecule has 3 aromatic rings. The van der Waals surface area contributed by atoms with Gasteiger partial charge in [-0.2, -0.15) is 5.10 Å². The predicted octanol–water partition coefficient (Wildman–Crippen LogP) is 3.95. The van der Waals surface area contributed by atoms with Crippen LogP contribution in [0.3, 0.4) is 0 Å². The van der Waals surface area contributed by atoms with Crippen LogP contribution in [0.4, 0.5) is 0 Å². The first-order chi connectivity index (χ1) is 11.5. The molecule has 3 heterocycles. The van der Waals surface area contributed by atoms with Crippen LogP contribution in [0.2, 0.25) is 0 Å². The van der Waals surface area contributed by atoms with Gasteiger partial charge in [-0.05, 0) is 38.0 Å². The number of carbonyl (C=O) groups excluding carboxylic acids is 1. The Kier molecular flexibility index (Phi) is 4.66. The summed E-state index contributed by atoms with van der Waals surface area (Å²) in [5.74, 6) is 0.445. The summed E-state index contributed by atoms with van der Waals surface area (Å²) < 4.78 is 2.01. The van der Waals surface area contributed by atoms with Crippen molar-refractivity contribution in [1.82, 2.24) is 20.1 Å². The van der Waals surface area contributed by atoms with Gasteiger partial charge < -0.3 is 5.32 Å². The summed E-state index contributed by atoms with van der Waals surface area (Å²) >= 11 is 1.50. The van der Waals surface area contributed by atoms with Crippen LogP contribution in [0.25, 0.3) is 10.2 Å². The third kappa shape index (κ3) is 3.33. The van der Waals surface area contributed by atoms with Crippen molar-refractivity contribution in [2.45, 2.75) is 40.3 Å². The maximum atomic E-state index is 12.6. The molecule has 0 aliphatic heterocycles. The minimum Gasteiger partial charge on any atom is -0.343 e. The van der Waals surface area contributed by atoms with Gasteiger partial charge in [0.05, 0.1) is 22.3 Å². The largest absolute Gasteiger partial charge is 0.343 e. The van der Waals surface area contributed by atoms with E-state index in [1.54, 1.807) is 6.20 Å². The molecule has 0 bridgehead atoms. The molecular weight excluding hydrogens is 320 g/mol. The fourth-order valence-corrected chi connectivity index (χ4v) is 3.74. The highest BCUT2D eigenvalue weighted by Crippen LogP contribution is 2.29. The van der Waals surface area contributed by atoms with Crippen molar-refractivity contribution in [2.24, 2.45) is 5.92 Å². The summed E-state index contributed by atoms with van der Waals surface area (Å²) in [5.41, 5.74) is 1.83. The van der Waals surface area contributed by atoms with Gasteiger partial charge in [0.1, 0.15) is 4.83 Å². The van der Waals surface area contributed by atoms with Crippen LogP contribution in [0.15, 0.2) is 30.5 Å². The molecule has 0 unspecified atom stereocenters. The minimum atomic E-state index is -0.128. The highest BCUT2D eigenvalue weighted by atomic mass is 32.1. The number of aryl methyl sites for hydroxylation is 1. The molecule has 0 radical (unpaired) electrons. The van der Waals surface area contributed by atoms with E-state index >= 15 is 0 Å². The normalized spacial score (nSPS) is 12.7. The molecule has 0 spiro atoms. The summed E-state index contributed by atoms with van der Waals surface area (Å²) in [6.07, 6.45) is 1.74. The average Bonchev–Trinajstić information content (AvgIpc) is 3.10. The summed E-state index contributed by atoms with van der Waals surface area (Å²) in [7, 11) is 0. The van der Waals surface area contributed by atoms with Crippen LogP contribution in [-0.4, -0.2) is 20.7 Å². The Morgan fingerprint density at radius 1 is 1.33 bits per heavy atom. The van der Waals surface area contributed by atoms with Crippen LogP contribution in [0, 0.1) is 12.8 Å². The number of hydrogen-bond acceptors (Lipinski definition) is 4. The lowest BCUT2D eigenvalue weighted by Gasteiger charge is -2.12. The molecule has 24 heavy (non-hydrogen) atoms. The van der Waals surface area contributed by atoms with Gasteiger partial charge >= 0.3 is 0 Å². The molecule has 3 rings (SSSR count). The molecule has 0 saturated heterocycles. The maximum Gasteiger partial charge on any atom is 0.261 e. The van der Waals surface area contributed by atoms with E-state index in [9.17, 15) is 4.79 Å². The zero-order valence-electron chi connectivity index (χ0n) is 14.4. The number of nitrogens with one attached hydrogen (secondary N) is 1. The first-order valence-corrected chi connectivity index (χ1v) is 8.96. The molecule has 1 amide bonds. The molecule has 0 saturated carbocycles. The van der Waals surface area contributed by atoms with E-state index in [1.807, 2.05) is 42.8 Å². The SMILES string of the molecule is Cc1nn(CC(C)C)c2sc(C(=O)N[C@H](C)c3ccccn3)cc12. The fraction of sp³-hybridized carbons (Fsp3) is 0.389.